The second kappa shape index (κ2) is 5.08. The SMILES string of the molecule is Cc1csc(CN[C@@H](C)C2CCCC2)n1. The summed E-state index contributed by atoms with van der Waals surface area (Å²) < 4.78 is 0. The van der Waals surface area contributed by atoms with Crippen molar-refractivity contribution in [1.29, 1.82) is 0 Å². The molecule has 1 saturated carbocycles. The second-order valence-electron chi connectivity index (χ2n) is 4.60. The molecule has 3 heteroatoms. The lowest BCUT2D eigenvalue weighted by atomic mass is 10.00. The van der Waals surface area contributed by atoms with Gasteiger partial charge in [0.15, 0.2) is 0 Å². The van der Waals surface area contributed by atoms with E-state index < -0.39 is 0 Å². The molecular weight excluding hydrogens is 204 g/mol. The number of nitrogens with zero attached hydrogens (tertiary/aromatic N) is 1. The van der Waals surface area contributed by atoms with Crippen LogP contribution < -0.4 is 5.32 Å². The molecule has 0 aromatic carbocycles. The predicted molar refractivity (Wildman–Crippen MR) is 65.1 cm³/mol. The fourth-order valence-corrected chi connectivity index (χ4v) is 3.08. The van der Waals surface area contributed by atoms with Crippen LogP contribution in [0.1, 0.15) is 43.3 Å². The minimum atomic E-state index is 0.650. The Hall–Kier alpha value is -0.410. The van der Waals surface area contributed by atoms with Crippen molar-refractivity contribution in [3.63, 3.8) is 0 Å². The Labute approximate surface area is 96.1 Å². The molecule has 2 nitrogen and oxygen atoms in total. The van der Waals surface area contributed by atoms with Gasteiger partial charge in [0.1, 0.15) is 5.01 Å². The van der Waals surface area contributed by atoms with Crippen LogP contribution in [0.4, 0.5) is 0 Å². The van der Waals surface area contributed by atoms with Gasteiger partial charge in [-0.2, -0.15) is 0 Å². The van der Waals surface area contributed by atoms with E-state index in [4.69, 9.17) is 0 Å². The number of nitrogens with one attached hydrogen (secondary N) is 1. The maximum atomic E-state index is 4.47. The van der Waals surface area contributed by atoms with Gasteiger partial charge in [-0.15, -0.1) is 11.3 Å². The molecule has 1 aromatic heterocycles. The third-order valence-corrected chi connectivity index (χ3v) is 4.32. The summed E-state index contributed by atoms with van der Waals surface area (Å²) >= 11 is 1.76. The first-order valence-electron chi connectivity index (χ1n) is 5.90. The molecule has 0 amide bonds. The van der Waals surface area contributed by atoms with E-state index in [0.29, 0.717) is 6.04 Å². The zero-order chi connectivity index (χ0) is 10.7. The van der Waals surface area contributed by atoms with Crippen molar-refractivity contribution in [3.8, 4) is 0 Å². The largest absolute Gasteiger partial charge is 0.308 e. The molecule has 1 aromatic rings. The number of aromatic nitrogens is 1. The highest BCUT2D eigenvalue weighted by Crippen LogP contribution is 2.27. The zero-order valence-electron chi connectivity index (χ0n) is 9.62. The normalized spacial score (nSPS) is 19.6. The quantitative estimate of drug-likeness (QED) is 0.850. The monoisotopic (exact) mass is 224 g/mol. The summed E-state index contributed by atoms with van der Waals surface area (Å²) in [5.41, 5.74) is 1.14. The first kappa shape index (κ1) is 11.1. The average Bonchev–Trinajstić information content (AvgIpc) is 2.84. The Bertz CT molecular complexity index is 302. The summed E-state index contributed by atoms with van der Waals surface area (Å²) in [6.45, 7) is 5.31. The highest BCUT2D eigenvalue weighted by molar-refractivity contribution is 7.09. The number of rotatable bonds is 4. The fourth-order valence-electron chi connectivity index (χ4n) is 2.36. The molecule has 0 unspecified atom stereocenters. The molecule has 1 aliphatic carbocycles. The van der Waals surface area contributed by atoms with Crippen molar-refractivity contribution >= 4 is 11.3 Å². The van der Waals surface area contributed by atoms with E-state index in [9.17, 15) is 0 Å². The van der Waals surface area contributed by atoms with Crippen LogP contribution in [-0.4, -0.2) is 11.0 Å². The maximum absolute atomic E-state index is 4.47. The third-order valence-electron chi connectivity index (χ3n) is 3.35. The Morgan fingerprint density at radius 1 is 1.53 bits per heavy atom. The van der Waals surface area contributed by atoms with E-state index in [1.807, 2.05) is 0 Å². The standard InChI is InChI=1S/C12H20N2S/c1-9-8-15-12(14-9)7-13-10(2)11-5-3-4-6-11/h8,10-11,13H,3-7H2,1-2H3/t10-/m0/s1. The smallest absolute Gasteiger partial charge is 0.107 e. The van der Waals surface area contributed by atoms with Crippen molar-refractivity contribution in [2.75, 3.05) is 0 Å². The van der Waals surface area contributed by atoms with Crippen molar-refractivity contribution in [2.24, 2.45) is 5.92 Å². The van der Waals surface area contributed by atoms with Crippen molar-refractivity contribution in [2.45, 2.75) is 52.1 Å². The Balaban J connectivity index is 1.77. The molecule has 0 bridgehead atoms. The summed E-state index contributed by atoms with van der Waals surface area (Å²) in [5, 5.41) is 6.94. The van der Waals surface area contributed by atoms with E-state index in [2.05, 4.69) is 29.5 Å². The van der Waals surface area contributed by atoms with Crippen LogP contribution in [0.25, 0.3) is 0 Å². The van der Waals surface area contributed by atoms with Gasteiger partial charge in [-0.25, -0.2) is 4.98 Å². The van der Waals surface area contributed by atoms with Crippen molar-refractivity contribution in [1.82, 2.24) is 10.3 Å². The van der Waals surface area contributed by atoms with Gasteiger partial charge in [0.05, 0.1) is 0 Å². The highest BCUT2D eigenvalue weighted by atomic mass is 32.1. The molecule has 1 heterocycles. The van der Waals surface area contributed by atoms with E-state index in [1.54, 1.807) is 11.3 Å². The minimum Gasteiger partial charge on any atom is -0.308 e. The second-order valence-corrected chi connectivity index (χ2v) is 5.54. The van der Waals surface area contributed by atoms with E-state index in [-0.39, 0.29) is 0 Å². The van der Waals surface area contributed by atoms with Crippen LogP contribution in [0, 0.1) is 12.8 Å². The first-order valence-corrected chi connectivity index (χ1v) is 6.78. The van der Waals surface area contributed by atoms with Gasteiger partial charge in [0, 0.05) is 23.7 Å². The molecule has 0 radical (unpaired) electrons. The van der Waals surface area contributed by atoms with Crippen LogP contribution >= 0.6 is 11.3 Å². The first-order chi connectivity index (χ1) is 7.25. The van der Waals surface area contributed by atoms with Gasteiger partial charge in [-0.3, -0.25) is 0 Å². The van der Waals surface area contributed by atoms with Crippen LogP contribution in [0.3, 0.4) is 0 Å². The Morgan fingerprint density at radius 3 is 2.87 bits per heavy atom. The van der Waals surface area contributed by atoms with E-state index in [1.165, 1.54) is 30.7 Å². The summed E-state index contributed by atoms with van der Waals surface area (Å²) in [4.78, 5) is 4.47. The summed E-state index contributed by atoms with van der Waals surface area (Å²) in [5.74, 6) is 0.894. The molecule has 1 atom stereocenters. The number of hydrogen-bond donors (Lipinski definition) is 1. The fraction of sp³-hybridized carbons (Fsp3) is 0.750. The number of hydrogen-bond acceptors (Lipinski definition) is 3. The van der Waals surface area contributed by atoms with Crippen molar-refractivity contribution in [3.05, 3.63) is 16.1 Å². The molecule has 0 spiro atoms. The number of aryl methyl sites for hydroxylation is 1. The molecule has 15 heavy (non-hydrogen) atoms. The van der Waals surface area contributed by atoms with Crippen LogP contribution in [-0.2, 0) is 6.54 Å². The maximum Gasteiger partial charge on any atom is 0.107 e. The molecule has 1 fully saturated rings. The van der Waals surface area contributed by atoms with Crippen LogP contribution in [0.2, 0.25) is 0 Å². The lowest BCUT2D eigenvalue weighted by molar-refractivity contribution is 0.380. The van der Waals surface area contributed by atoms with Gasteiger partial charge < -0.3 is 5.32 Å². The Kier molecular flexibility index (Phi) is 3.76. The van der Waals surface area contributed by atoms with Gasteiger partial charge in [-0.1, -0.05) is 12.8 Å². The molecule has 0 saturated heterocycles. The third kappa shape index (κ3) is 3.02. The topological polar surface area (TPSA) is 24.9 Å². The van der Waals surface area contributed by atoms with Gasteiger partial charge in [0.2, 0.25) is 0 Å². The molecular formula is C12H20N2S. The minimum absolute atomic E-state index is 0.650. The Morgan fingerprint density at radius 2 is 2.27 bits per heavy atom. The van der Waals surface area contributed by atoms with Gasteiger partial charge in [-0.05, 0) is 32.6 Å². The molecule has 1 N–H and O–H groups in total. The van der Waals surface area contributed by atoms with Gasteiger partial charge >= 0.3 is 0 Å². The lowest BCUT2D eigenvalue weighted by Crippen LogP contribution is -2.31. The summed E-state index contributed by atoms with van der Waals surface area (Å²) in [6, 6.07) is 0.650. The van der Waals surface area contributed by atoms with Crippen LogP contribution in [0.15, 0.2) is 5.38 Å². The average molecular weight is 224 g/mol. The van der Waals surface area contributed by atoms with E-state index in [0.717, 1.165) is 18.2 Å². The van der Waals surface area contributed by atoms with Gasteiger partial charge in [0.25, 0.3) is 0 Å². The molecule has 1 aliphatic rings. The van der Waals surface area contributed by atoms with Crippen LogP contribution in [0.5, 0.6) is 0 Å². The van der Waals surface area contributed by atoms with E-state index >= 15 is 0 Å². The predicted octanol–water partition coefficient (Wildman–Crippen LogP) is 3.12. The highest BCUT2D eigenvalue weighted by Gasteiger charge is 2.20. The molecule has 2 rings (SSSR count). The zero-order valence-corrected chi connectivity index (χ0v) is 10.4. The summed E-state index contributed by atoms with van der Waals surface area (Å²) in [7, 11) is 0. The lowest BCUT2D eigenvalue weighted by Gasteiger charge is -2.19. The molecule has 84 valence electrons. The van der Waals surface area contributed by atoms with Crippen molar-refractivity contribution < 1.29 is 0 Å². The summed E-state index contributed by atoms with van der Waals surface area (Å²) in [6.07, 6.45) is 5.66. The molecule has 0 aliphatic heterocycles. The number of thiazole rings is 1.